The molecule has 0 bridgehead atoms. The van der Waals surface area contributed by atoms with Crippen LogP contribution in [0.4, 0.5) is 0 Å². The smallest absolute Gasteiger partial charge is 0.232 e. The zero-order chi connectivity index (χ0) is 5.82. The molecular weight excluding hydrogens is 106 g/mol. The number of hydrogen-bond donors (Lipinski definition) is 0. The average molecular weight is 116 g/mol. The summed E-state index contributed by atoms with van der Waals surface area (Å²) in [4.78, 5) is 15.7. The Balaban J connectivity index is 2.27. The van der Waals surface area contributed by atoms with Crippen molar-refractivity contribution in [1.29, 1.82) is 0 Å². The Kier molecular flexibility index (Phi) is 1.83. The van der Waals surface area contributed by atoms with Gasteiger partial charge in [-0.25, -0.2) is 4.84 Å². The molecule has 0 aromatic rings. The highest BCUT2D eigenvalue weighted by molar-refractivity contribution is 4.39. The second-order valence-electron chi connectivity index (χ2n) is 1.95. The fraction of sp³-hybridized carbons (Fsp3) is 1.00. The van der Waals surface area contributed by atoms with E-state index >= 15 is 0 Å². The zero-order valence-corrected chi connectivity index (χ0v) is 4.80. The summed E-state index contributed by atoms with van der Waals surface area (Å²) in [5, 5.41) is 0. The molecule has 0 unspecified atom stereocenters. The molecule has 0 N–H and O–H groups in total. The molecule has 0 aliphatic carbocycles. The third-order valence-electron chi connectivity index (χ3n) is 1.22. The maximum Gasteiger partial charge on any atom is 0.248 e. The third kappa shape index (κ3) is 1.48. The van der Waals surface area contributed by atoms with E-state index in [0.29, 0.717) is 18.1 Å². The van der Waals surface area contributed by atoms with Crippen LogP contribution in [0.5, 0.6) is 0 Å². The molecule has 1 aliphatic rings. The molecular formula is C5H10NO2+. The molecule has 3 nitrogen and oxygen atoms in total. The second kappa shape index (κ2) is 2.64. The van der Waals surface area contributed by atoms with Gasteiger partial charge >= 0.3 is 0 Å². The van der Waals surface area contributed by atoms with Crippen LogP contribution in [0.1, 0.15) is 19.3 Å². The van der Waals surface area contributed by atoms with Crippen molar-refractivity contribution < 1.29 is 9.76 Å². The fourth-order valence-electron chi connectivity index (χ4n) is 0.751. The Morgan fingerprint density at radius 2 is 2.12 bits per heavy atom. The van der Waals surface area contributed by atoms with E-state index < -0.39 is 0 Å². The first kappa shape index (κ1) is 5.54. The lowest BCUT2D eigenvalue weighted by Gasteiger charge is -1.83. The number of rotatable bonds is 0. The quantitative estimate of drug-likeness (QED) is 0.470. The predicted molar refractivity (Wildman–Crippen MR) is 28.3 cm³/mol. The van der Waals surface area contributed by atoms with Crippen LogP contribution >= 0.6 is 0 Å². The van der Waals surface area contributed by atoms with Crippen LogP contribution in [0.15, 0.2) is 0 Å². The van der Waals surface area contributed by atoms with Crippen LogP contribution in [-0.2, 0) is 4.84 Å². The van der Waals surface area contributed by atoms with Gasteiger partial charge < -0.3 is 0 Å². The summed E-state index contributed by atoms with van der Waals surface area (Å²) in [6.07, 6.45) is 3.13. The Bertz CT molecular complexity index is 82.4. The molecule has 1 aliphatic heterocycles. The van der Waals surface area contributed by atoms with Crippen molar-refractivity contribution in [2.45, 2.75) is 19.3 Å². The summed E-state index contributed by atoms with van der Waals surface area (Å²) < 4.78 is 0. The van der Waals surface area contributed by atoms with Crippen LogP contribution in [0.3, 0.4) is 0 Å². The molecule has 0 aromatic carbocycles. The van der Waals surface area contributed by atoms with Crippen molar-refractivity contribution in [3.05, 3.63) is 4.91 Å². The lowest BCUT2D eigenvalue weighted by molar-refractivity contribution is -0.800. The Morgan fingerprint density at radius 3 is 3.00 bits per heavy atom. The largest absolute Gasteiger partial charge is 0.248 e. The molecule has 1 fully saturated rings. The Morgan fingerprint density at radius 1 is 1.25 bits per heavy atom. The SMILES string of the molecule is O=[N+]1CCCCCO1. The molecule has 0 spiro atoms. The highest BCUT2D eigenvalue weighted by Crippen LogP contribution is 2.01. The summed E-state index contributed by atoms with van der Waals surface area (Å²) >= 11 is 0. The highest BCUT2D eigenvalue weighted by Gasteiger charge is 2.12. The van der Waals surface area contributed by atoms with Crippen LogP contribution in [0, 0.1) is 4.91 Å². The minimum Gasteiger partial charge on any atom is -0.232 e. The van der Waals surface area contributed by atoms with Crippen LogP contribution in [0.25, 0.3) is 0 Å². The first-order valence-electron chi connectivity index (χ1n) is 2.97. The summed E-state index contributed by atoms with van der Waals surface area (Å²) in [7, 11) is 0. The molecule has 3 heteroatoms. The molecule has 0 radical (unpaired) electrons. The summed E-state index contributed by atoms with van der Waals surface area (Å²) in [6.45, 7) is 1.14. The summed E-state index contributed by atoms with van der Waals surface area (Å²) in [6, 6.07) is 0. The molecule has 0 atom stereocenters. The standard InChI is InChI=1S/C5H10NO2/c7-6-4-2-1-3-5-8-6/h1-5H2/q+1. The van der Waals surface area contributed by atoms with E-state index in [-0.39, 0.29) is 0 Å². The number of hydrogen-bond acceptors (Lipinski definition) is 2. The number of nitrogens with zero attached hydrogens (tertiary/aromatic N) is 1. The van der Waals surface area contributed by atoms with Gasteiger partial charge in [0, 0.05) is 6.42 Å². The van der Waals surface area contributed by atoms with Gasteiger partial charge in [0.1, 0.15) is 0 Å². The lowest BCUT2D eigenvalue weighted by atomic mass is 10.2. The van der Waals surface area contributed by atoms with Crippen LogP contribution < -0.4 is 0 Å². The van der Waals surface area contributed by atoms with Crippen LogP contribution in [0.2, 0.25) is 0 Å². The molecule has 8 heavy (non-hydrogen) atoms. The third-order valence-corrected chi connectivity index (χ3v) is 1.22. The van der Waals surface area contributed by atoms with Crippen molar-refractivity contribution in [2.75, 3.05) is 13.2 Å². The topological polar surface area (TPSA) is 29.3 Å². The van der Waals surface area contributed by atoms with Gasteiger partial charge in [0.15, 0.2) is 6.61 Å². The first-order chi connectivity index (χ1) is 3.89. The maximum atomic E-state index is 10.4. The van der Waals surface area contributed by atoms with E-state index in [4.69, 9.17) is 0 Å². The minimum atomic E-state index is 0.542. The molecule has 0 aromatic heterocycles. The Labute approximate surface area is 48.2 Å². The van der Waals surface area contributed by atoms with Gasteiger partial charge in [-0.2, -0.15) is 0 Å². The zero-order valence-electron chi connectivity index (χ0n) is 4.80. The van der Waals surface area contributed by atoms with Gasteiger partial charge in [-0.15, -0.1) is 0 Å². The van der Waals surface area contributed by atoms with Crippen molar-refractivity contribution in [3.63, 3.8) is 0 Å². The van der Waals surface area contributed by atoms with Gasteiger partial charge in [-0.3, -0.25) is 0 Å². The molecule has 0 amide bonds. The van der Waals surface area contributed by atoms with Crippen molar-refractivity contribution in [3.8, 4) is 0 Å². The highest BCUT2D eigenvalue weighted by atomic mass is 16.8. The van der Waals surface area contributed by atoms with E-state index in [1.165, 1.54) is 0 Å². The molecule has 1 saturated heterocycles. The summed E-state index contributed by atoms with van der Waals surface area (Å²) in [5.41, 5.74) is 0. The Hall–Kier alpha value is -0.600. The van der Waals surface area contributed by atoms with Gasteiger partial charge in [0.25, 0.3) is 0 Å². The van der Waals surface area contributed by atoms with E-state index in [1.807, 2.05) is 0 Å². The van der Waals surface area contributed by atoms with E-state index in [9.17, 15) is 4.91 Å². The van der Waals surface area contributed by atoms with Crippen LogP contribution in [-0.4, -0.2) is 18.1 Å². The van der Waals surface area contributed by atoms with E-state index in [1.54, 1.807) is 0 Å². The second-order valence-corrected chi connectivity index (χ2v) is 1.95. The minimum absolute atomic E-state index is 0.542. The average Bonchev–Trinajstić information content (AvgIpc) is 1.94. The van der Waals surface area contributed by atoms with E-state index in [0.717, 1.165) is 19.3 Å². The lowest BCUT2D eigenvalue weighted by Crippen LogP contribution is -2.07. The van der Waals surface area contributed by atoms with Gasteiger partial charge in [-0.1, -0.05) is 0 Å². The van der Waals surface area contributed by atoms with E-state index in [2.05, 4.69) is 4.84 Å². The molecule has 46 valence electrons. The van der Waals surface area contributed by atoms with Crippen molar-refractivity contribution in [1.82, 2.24) is 0 Å². The molecule has 1 heterocycles. The first-order valence-corrected chi connectivity index (χ1v) is 2.97. The van der Waals surface area contributed by atoms with Crippen molar-refractivity contribution in [2.24, 2.45) is 0 Å². The maximum absolute atomic E-state index is 10.4. The van der Waals surface area contributed by atoms with Crippen molar-refractivity contribution >= 4 is 0 Å². The predicted octanol–water partition coefficient (Wildman–Crippen LogP) is 0.881. The monoisotopic (exact) mass is 116 g/mol. The summed E-state index contributed by atoms with van der Waals surface area (Å²) in [5.74, 6) is 0. The van der Waals surface area contributed by atoms with Gasteiger partial charge in [-0.05, 0) is 12.8 Å². The fourth-order valence-corrected chi connectivity index (χ4v) is 0.751. The van der Waals surface area contributed by atoms with Gasteiger partial charge in [0.05, 0.1) is 4.91 Å². The van der Waals surface area contributed by atoms with Gasteiger partial charge in [0.2, 0.25) is 11.5 Å². The normalized spacial score (nSPS) is 21.8. The molecule has 1 rings (SSSR count). The molecule has 0 saturated carbocycles.